The van der Waals surface area contributed by atoms with Crippen LogP contribution < -0.4 is 4.74 Å². The second-order valence-electron chi connectivity index (χ2n) is 5.16. The first kappa shape index (κ1) is 16.0. The highest BCUT2D eigenvalue weighted by atomic mass is 16.7. The Morgan fingerprint density at radius 3 is 2.50 bits per heavy atom. The number of ether oxygens (including phenoxy) is 1. The summed E-state index contributed by atoms with van der Waals surface area (Å²) in [5.74, 6) is 0.193. The molecule has 0 aliphatic heterocycles. The van der Waals surface area contributed by atoms with Crippen LogP contribution in [-0.2, 0) is 12.8 Å². The van der Waals surface area contributed by atoms with Crippen LogP contribution in [0.1, 0.15) is 37.8 Å². The van der Waals surface area contributed by atoms with Crippen LogP contribution in [0.2, 0.25) is 0 Å². The summed E-state index contributed by atoms with van der Waals surface area (Å²) >= 11 is 0. The molecule has 1 aromatic heterocycles. The lowest BCUT2D eigenvalue weighted by Crippen LogP contribution is -2.08. The third-order valence-corrected chi connectivity index (χ3v) is 3.65. The van der Waals surface area contributed by atoms with Crippen LogP contribution in [0.15, 0.2) is 36.5 Å². The Labute approximate surface area is 130 Å². The fourth-order valence-corrected chi connectivity index (χ4v) is 2.43. The van der Waals surface area contributed by atoms with Gasteiger partial charge in [-0.1, -0.05) is 44.5 Å². The van der Waals surface area contributed by atoms with E-state index in [-0.39, 0.29) is 5.88 Å². The van der Waals surface area contributed by atoms with Crippen molar-refractivity contribution in [3.8, 4) is 17.0 Å². The molecule has 22 heavy (non-hydrogen) atoms. The number of aromatic nitrogens is 1. The first-order chi connectivity index (χ1) is 10.7. The zero-order valence-electron chi connectivity index (χ0n) is 13.0. The lowest BCUT2D eigenvalue weighted by Gasteiger charge is -2.13. The quantitative estimate of drug-likeness (QED) is 0.785. The average molecular weight is 299 g/mol. The maximum Gasteiger partial charge on any atom is 0.512 e. The Kier molecular flexibility index (Phi) is 5.53. The summed E-state index contributed by atoms with van der Waals surface area (Å²) in [6, 6.07) is 10.2. The van der Waals surface area contributed by atoms with Crippen molar-refractivity contribution in [2.75, 3.05) is 0 Å². The highest BCUT2D eigenvalue weighted by Gasteiger charge is 2.15. The van der Waals surface area contributed by atoms with Gasteiger partial charge in [0.25, 0.3) is 0 Å². The Morgan fingerprint density at radius 1 is 1.18 bits per heavy atom. The average Bonchev–Trinajstić information content (AvgIpc) is 2.53. The van der Waals surface area contributed by atoms with Gasteiger partial charge >= 0.3 is 6.16 Å². The maximum absolute atomic E-state index is 10.9. The highest BCUT2D eigenvalue weighted by molar-refractivity contribution is 5.71. The molecule has 0 amide bonds. The van der Waals surface area contributed by atoms with Gasteiger partial charge in [0.15, 0.2) is 0 Å². The van der Waals surface area contributed by atoms with Gasteiger partial charge in [0, 0.05) is 11.8 Å². The Morgan fingerprint density at radius 2 is 1.91 bits per heavy atom. The largest absolute Gasteiger partial charge is 0.512 e. The molecule has 4 heteroatoms. The Hall–Kier alpha value is -2.36. The molecule has 2 rings (SSSR count). The fraction of sp³-hybridized carbons (Fsp3) is 0.333. The summed E-state index contributed by atoms with van der Waals surface area (Å²) in [6.45, 7) is 4.22. The van der Waals surface area contributed by atoms with Gasteiger partial charge in [0.2, 0.25) is 5.88 Å². The number of hydrogen-bond acceptors (Lipinski definition) is 3. The van der Waals surface area contributed by atoms with E-state index in [1.54, 1.807) is 6.20 Å². The number of unbranched alkanes of at least 4 members (excludes halogenated alkanes) is 1. The van der Waals surface area contributed by atoms with E-state index in [2.05, 4.69) is 43.1 Å². The van der Waals surface area contributed by atoms with Crippen molar-refractivity contribution >= 4 is 6.16 Å². The van der Waals surface area contributed by atoms with E-state index >= 15 is 0 Å². The monoisotopic (exact) mass is 299 g/mol. The molecule has 0 aliphatic rings. The molecular weight excluding hydrogens is 278 g/mol. The molecule has 1 N–H and O–H groups in total. The van der Waals surface area contributed by atoms with Crippen molar-refractivity contribution in [1.82, 2.24) is 4.98 Å². The summed E-state index contributed by atoms with van der Waals surface area (Å²) in [6.07, 6.45) is 3.99. The van der Waals surface area contributed by atoms with Crippen LogP contribution in [0.5, 0.6) is 5.88 Å². The number of nitrogens with zero attached hydrogens (tertiary/aromatic N) is 1. The molecule has 1 aromatic carbocycles. The van der Waals surface area contributed by atoms with Crippen molar-refractivity contribution in [3.63, 3.8) is 0 Å². The van der Waals surface area contributed by atoms with Gasteiger partial charge in [-0.3, -0.25) is 0 Å². The van der Waals surface area contributed by atoms with Crippen LogP contribution in [-0.4, -0.2) is 16.2 Å². The van der Waals surface area contributed by atoms with E-state index in [0.717, 1.165) is 42.4 Å². The molecular formula is C18H21NO3. The van der Waals surface area contributed by atoms with Gasteiger partial charge in [0.05, 0.1) is 0 Å². The van der Waals surface area contributed by atoms with Crippen LogP contribution in [0, 0.1) is 0 Å². The van der Waals surface area contributed by atoms with E-state index < -0.39 is 6.16 Å². The van der Waals surface area contributed by atoms with Crippen LogP contribution in [0.3, 0.4) is 0 Å². The van der Waals surface area contributed by atoms with Crippen molar-refractivity contribution in [3.05, 3.63) is 47.7 Å². The maximum atomic E-state index is 10.9. The minimum absolute atomic E-state index is 0.193. The second-order valence-corrected chi connectivity index (χ2v) is 5.16. The summed E-state index contributed by atoms with van der Waals surface area (Å²) in [5, 5.41) is 8.88. The van der Waals surface area contributed by atoms with Gasteiger partial charge in [-0.15, -0.1) is 0 Å². The molecule has 2 aromatic rings. The third kappa shape index (κ3) is 3.85. The Balaban J connectivity index is 2.45. The van der Waals surface area contributed by atoms with Crippen LogP contribution in [0.4, 0.5) is 4.79 Å². The second kappa shape index (κ2) is 7.59. The standard InChI is InChI=1S/C18H21NO3/c1-3-5-6-16-15(11-12-19-17(16)22-18(20)21)14-9-7-13(4-2)8-10-14/h7-12H,3-6H2,1-2H3,(H,20,21). The Bertz CT molecular complexity index is 635. The predicted octanol–water partition coefficient (Wildman–Crippen LogP) is 4.71. The smallest absolute Gasteiger partial charge is 0.449 e. The van der Waals surface area contributed by atoms with Gasteiger partial charge in [-0.25, -0.2) is 9.78 Å². The third-order valence-electron chi connectivity index (χ3n) is 3.65. The zero-order valence-corrected chi connectivity index (χ0v) is 13.0. The van der Waals surface area contributed by atoms with Crippen molar-refractivity contribution in [2.45, 2.75) is 39.5 Å². The van der Waals surface area contributed by atoms with E-state index in [1.807, 2.05) is 6.07 Å². The van der Waals surface area contributed by atoms with Crippen molar-refractivity contribution in [1.29, 1.82) is 0 Å². The van der Waals surface area contributed by atoms with Crippen molar-refractivity contribution in [2.24, 2.45) is 0 Å². The minimum atomic E-state index is -1.33. The first-order valence-corrected chi connectivity index (χ1v) is 7.63. The van der Waals surface area contributed by atoms with E-state index in [0.29, 0.717) is 0 Å². The normalized spacial score (nSPS) is 10.5. The van der Waals surface area contributed by atoms with Gasteiger partial charge in [0.1, 0.15) is 0 Å². The molecule has 116 valence electrons. The van der Waals surface area contributed by atoms with Gasteiger partial charge in [-0.2, -0.15) is 0 Å². The molecule has 4 nitrogen and oxygen atoms in total. The molecule has 0 bridgehead atoms. The number of carbonyl (C=O) groups is 1. The van der Waals surface area contributed by atoms with Crippen LogP contribution >= 0.6 is 0 Å². The van der Waals surface area contributed by atoms with E-state index in [1.165, 1.54) is 5.56 Å². The molecule has 0 radical (unpaired) electrons. The molecule has 0 saturated carbocycles. The first-order valence-electron chi connectivity index (χ1n) is 7.63. The van der Waals surface area contributed by atoms with E-state index in [4.69, 9.17) is 9.84 Å². The summed E-state index contributed by atoms with van der Waals surface area (Å²) in [5.41, 5.74) is 4.18. The lowest BCUT2D eigenvalue weighted by molar-refractivity contribution is 0.142. The zero-order chi connectivity index (χ0) is 15.9. The summed E-state index contributed by atoms with van der Waals surface area (Å²) in [7, 11) is 0. The number of aryl methyl sites for hydroxylation is 1. The number of rotatable bonds is 6. The molecule has 0 saturated heterocycles. The highest BCUT2D eigenvalue weighted by Crippen LogP contribution is 2.31. The van der Waals surface area contributed by atoms with Crippen molar-refractivity contribution < 1.29 is 14.6 Å². The molecule has 0 spiro atoms. The molecule has 1 heterocycles. The van der Waals surface area contributed by atoms with E-state index in [9.17, 15) is 4.79 Å². The molecule has 0 unspecified atom stereocenters. The predicted molar refractivity (Wildman–Crippen MR) is 86.3 cm³/mol. The number of hydrogen-bond donors (Lipinski definition) is 1. The summed E-state index contributed by atoms with van der Waals surface area (Å²) in [4.78, 5) is 15.0. The van der Waals surface area contributed by atoms with Gasteiger partial charge in [-0.05, 0) is 42.0 Å². The van der Waals surface area contributed by atoms with Gasteiger partial charge < -0.3 is 9.84 Å². The molecule has 0 aliphatic carbocycles. The summed E-state index contributed by atoms with van der Waals surface area (Å²) < 4.78 is 4.85. The molecule has 0 fully saturated rings. The SMILES string of the molecule is CCCCc1c(-c2ccc(CC)cc2)ccnc1OC(=O)O. The number of pyridine rings is 1. The lowest BCUT2D eigenvalue weighted by atomic mass is 9.96. The number of benzene rings is 1. The topological polar surface area (TPSA) is 59.4 Å². The van der Waals surface area contributed by atoms with Crippen LogP contribution in [0.25, 0.3) is 11.1 Å². The number of carboxylic acid groups (broad SMARTS) is 1. The molecule has 0 atom stereocenters. The fourth-order valence-electron chi connectivity index (χ4n) is 2.43. The minimum Gasteiger partial charge on any atom is -0.449 e.